The van der Waals surface area contributed by atoms with Crippen molar-refractivity contribution in [3.05, 3.63) is 71.5 Å². The zero-order valence-electron chi connectivity index (χ0n) is 12.0. The fourth-order valence-corrected chi connectivity index (χ4v) is 2.42. The van der Waals surface area contributed by atoms with Crippen LogP contribution >= 0.6 is 0 Å². The van der Waals surface area contributed by atoms with Crippen LogP contribution in [-0.4, -0.2) is 13.1 Å². The van der Waals surface area contributed by atoms with Crippen molar-refractivity contribution in [3.63, 3.8) is 0 Å². The maximum Gasteiger partial charge on any atom is 0.126 e. The number of halogens is 1. The Balaban J connectivity index is 2.12. The summed E-state index contributed by atoms with van der Waals surface area (Å²) in [6.45, 7) is 4.04. The van der Waals surface area contributed by atoms with Crippen LogP contribution in [0.15, 0.2) is 54.6 Å². The molecule has 20 heavy (non-hydrogen) atoms. The molecule has 2 heteroatoms. The molecule has 0 saturated heterocycles. The van der Waals surface area contributed by atoms with Crippen LogP contribution in [0, 0.1) is 5.82 Å². The first-order valence-corrected chi connectivity index (χ1v) is 7.30. The van der Waals surface area contributed by atoms with Gasteiger partial charge in [-0.2, -0.15) is 0 Å². The predicted molar refractivity (Wildman–Crippen MR) is 82.4 cm³/mol. The molecule has 0 radical (unpaired) electrons. The van der Waals surface area contributed by atoms with Crippen LogP contribution in [0.2, 0.25) is 0 Å². The second-order valence-electron chi connectivity index (χ2n) is 5.11. The Kier molecular flexibility index (Phi) is 5.75. The van der Waals surface area contributed by atoms with Crippen molar-refractivity contribution >= 4 is 0 Å². The van der Waals surface area contributed by atoms with Crippen molar-refractivity contribution in [1.82, 2.24) is 5.32 Å². The molecule has 2 rings (SSSR count). The van der Waals surface area contributed by atoms with Gasteiger partial charge in [-0.25, -0.2) is 4.39 Å². The van der Waals surface area contributed by atoms with E-state index in [4.69, 9.17) is 0 Å². The molecule has 0 heterocycles. The third-order valence-electron chi connectivity index (χ3n) is 3.51. The highest BCUT2D eigenvalue weighted by Gasteiger charge is 2.13. The van der Waals surface area contributed by atoms with Gasteiger partial charge >= 0.3 is 0 Å². The van der Waals surface area contributed by atoms with E-state index in [0.717, 1.165) is 31.5 Å². The van der Waals surface area contributed by atoms with Gasteiger partial charge in [0.25, 0.3) is 0 Å². The van der Waals surface area contributed by atoms with Crippen LogP contribution in [-0.2, 0) is 6.42 Å². The molecule has 1 N–H and O–H groups in total. The minimum absolute atomic E-state index is 0.107. The normalized spacial score (nSPS) is 12.3. The molecule has 1 unspecified atom stereocenters. The van der Waals surface area contributed by atoms with Gasteiger partial charge < -0.3 is 5.32 Å². The van der Waals surface area contributed by atoms with Crippen LogP contribution in [0.3, 0.4) is 0 Å². The summed E-state index contributed by atoms with van der Waals surface area (Å²) in [5, 5.41) is 3.45. The molecule has 0 aromatic heterocycles. The Bertz CT molecular complexity index is 510. The standard InChI is InChI=1S/C18H22FN/c1-2-12-20-14-17(15-8-4-3-5-9-15)13-16-10-6-7-11-18(16)19/h3-11,17,20H,2,12-14H2,1H3. The predicted octanol–water partition coefficient (Wildman–Crippen LogP) is 4.15. The number of hydrogen-bond donors (Lipinski definition) is 1. The highest BCUT2D eigenvalue weighted by molar-refractivity contribution is 5.25. The molecule has 0 aliphatic carbocycles. The smallest absolute Gasteiger partial charge is 0.126 e. The number of nitrogens with one attached hydrogen (secondary N) is 1. The van der Waals surface area contributed by atoms with Gasteiger partial charge in [-0.3, -0.25) is 0 Å². The summed E-state index contributed by atoms with van der Waals surface area (Å²) in [7, 11) is 0. The lowest BCUT2D eigenvalue weighted by molar-refractivity contribution is 0.553. The van der Waals surface area contributed by atoms with Crippen LogP contribution in [0.25, 0.3) is 0 Å². The monoisotopic (exact) mass is 271 g/mol. The molecule has 0 spiro atoms. The van der Waals surface area contributed by atoms with Crippen molar-refractivity contribution < 1.29 is 4.39 Å². The molecular weight excluding hydrogens is 249 g/mol. The van der Waals surface area contributed by atoms with E-state index >= 15 is 0 Å². The Labute approximate surface area is 120 Å². The van der Waals surface area contributed by atoms with E-state index in [0.29, 0.717) is 5.92 Å². The minimum Gasteiger partial charge on any atom is -0.316 e. The molecule has 0 amide bonds. The Hall–Kier alpha value is -1.67. The lowest BCUT2D eigenvalue weighted by atomic mass is 9.91. The van der Waals surface area contributed by atoms with Crippen molar-refractivity contribution in [2.45, 2.75) is 25.7 Å². The van der Waals surface area contributed by atoms with Gasteiger partial charge in [0.05, 0.1) is 0 Å². The zero-order chi connectivity index (χ0) is 14.2. The fraction of sp³-hybridized carbons (Fsp3) is 0.333. The summed E-state index contributed by atoms with van der Waals surface area (Å²) in [5.41, 5.74) is 2.05. The molecule has 0 aliphatic heterocycles. The summed E-state index contributed by atoms with van der Waals surface area (Å²) in [6, 6.07) is 17.4. The highest BCUT2D eigenvalue weighted by atomic mass is 19.1. The second-order valence-corrected chi connectivity index (χ2v) is 5.11. The van der Waals surface area contributed by atoms with E-state index in [-0.39, 0.29) is 5.82 Å². The Morgan fingerprint density at radius 1 is 1.00 bits per heavy atom. The topological polar surface area (TPSA) is 12.0 Å². The maximum absolute atomic E-state index is 13.8. The lowest BCUT2D eigenvalue weighted by Gasteiger charge is -2.18. The molecule has 0 aliphatic rings. The Morgan fingerprint density at radius 3 is 2.40 bits per heavy atom. The molecule has 1 nitrogen and oxygen atoms in total. The molecule has 2 aromatic carbocycles. The summed E-state index contributed by atoms with van der Waals surface area (Å²) < 4.78 is 13.8. The van der Waals surface area contributed by atoms with Gasteiger partial charge in [0.1, 0.15) is 5.82 Å². The van der Waals surface area contributed by atoms with Crippen molar-refractivity contribution in [2.75, 3.05) is 13.1 Å². The average Bonchev–Trinajstić information content (AvgIpc) is 2.49. The first kappa shape index (κ1) is 14.7. The van der Waals surface area contributed by atoms with Crippen LogP contribution in [0.5, 0.6) is 0 Å². The summed E-state index contributed by atoms with van der Waals surface area (Å²) in [5.74, 6) is 0.198. The first-order chi connectivity index (χ1) is 9.81. The van der Waals surface area contributed by atoms with E-state index in [2.05, 4.69) is 24.4 Å². The van der Waals surface area contributed by atoms with E-state index < -0.39 is 0 Å². The van der Waals surface area contributed by atoms with Gasteiger partial charge in [-0.15, -0.1) is 0 Å². The van der Waals surface area contributed by atoms with Gasteiger partial charge in [0.15, 0.2) is 0 Å². The fourth-order valence-electron chi connectivity index (χ4n) is 2.42. The zero-order valence-corrected chi connectivity index (χ0v) is 12.0. The first-order valence-electron chi connectivity index (χ1n) is 7.30. The average molecular weight is 271 g/mol. The number of hydrogen-bond acceptors (Lipinski definition) is 1. The number of benzene rings is 2. The van der Waals surface area contributed by atoms with Crippen LogP contribution in [0.4, 0.5) is 4.39 Å². The summed E-state index contributed by atoms with van der Waals surface area (Å²) >= 11 is 0. The van der Waals surface area contributed by atoms with Gasteiger partial charge in [-0.1, -0.05) is 55.5 Å². The molecule has 0 bridgehead atoms. The molecule has 106 valence electrons. The third-order valence-corrected chi connectivity index (χ3v) is 3.51. The number of rotatable bonds is 7. The van der Waals surface area contributed by atoms with Crippen molar-refractivity contribution in [2.24, 2.45) is 0 Å². The van der Waals surface area contributed by atoms with E-state index in [9.17, 15) is 4.39 Å². The summed E-state index contributed by atoms with van der Waals surface area (Å²) in [6.07, 6.45) is 1.84. The lowest BCUT2D eigenvalue weighted by Crippen LogP contribution is -2.24. The van der Waals surface area contributed by atoms with Gasteiger partial charge in [0.2, 0.25) is 0 Å². The summed E-state index contributed by atoms with van der Waals surface area (Å²) in [4.78, 5) is 0. The molecule has 0 saturated carbocycles. The molecule has 2 aromatic rings. The molecule has 1 atom stereocenters. The quantitative estimate of drug-likeness (QED) is 0.746. The van der Waals surface area contributed by atoms with Crippen LogP contribution in [0.1, 0.15) is 30.4 Å². The highest BCUT2D eigenvalue weighted by Crippen LogP contribution is 2.21. The van der Waals surface area contributed by atoms with E-state index in [1.807, 2.05) is 30.3 Å². The third kappa shape index (κ3) is 4.17. The van der Waals surface area contributed by atoms with E-state index in [1.54, 1.807) is 6.07 Å². The van der Waals surface area contributed by atoms with Gasteiger partial charge in [0, 0.05) is 12.5 Å². The molecular formula is C18H22FN. The molecule has 0 fully saturated rings. The van der Waals surface area contributed by atoms with E-state index in [1.165, 1.54) is 11.6 Å². The minimum atomic E-state index is -0.107. The van der Waals surface area contributed by atoms with Crippen molar-refractivity contribution in [1.29, 1.82) is 0 Å². The second kappa shape index (κ2) is 7.81. The largest absolute Gasteiger partial charge is 0.316 e. The van der Waals surface area contributed by atoms with Crippen molar-refractivity contribution in [3.8, 4) is 0 Å². The SMILES string of the molecule is CCCNCC(Cc1ccccc1F)c1ccccc1. The maximum atomic E-state index is 13.8. The van der Waals surface area contributed by atoms with Gasteiger partial charge in [-0.05, 0) is 36.6 Å². The Morgan fingerprint density at radius 2 is 1.70 bits per heavy atom. The van der Waals surface area contributed by atoms with Crippen LogP contribution < -0.4 is 5.32 Å².